The molecule has 0 aliphatic heterocycles. The van der Waals surface area contributed by atoms with E-state index in [-0.39, 0.29) is 0 Å². The highest BCUT2D eigenvalue weighted by molar-refractivity contribution is 5.55. The molecule has 190 valence electrons. The molecule has 2 atom stereocenters. The molecule has 34 heavy (non-hydrogen) atoms. The summed E-state index contributed by atoms with van der Waals surface area (Å²) in [6, 6.07) is 7.79. The Balaban J connectivity index is 1.65. The number of aromatic nitrogens is 2. The second kappa shape index (κ2) is 17.5. The summed E-state index contributed by atoms with van der Waals surface area (Å²) in [6.45, 7) is 7.14. The van der Waals surface area contributed by atoms with Gasteiger partial charge in [0.05, 0.1) is 6.61 Å². The van der Waals surface area contributed by atoms with E-state index in [1.807, 2.05) is 36.7 Å². The van der Waals surface area contributed by atoms with Crippen molar-refractivity contribution in [2.24, 2.45) is 5.92 Å². The number of hydrogen-bond acceptors (Lipinski definition) is 3. The molecule has 0 aliphatic rings. The van der Waals surface area contributed by atoms with Crippen LogP contribution in [0, 0.1) is 5.92 Å². The third kappa shape index (κ3) is 11.9. The van der Waals surface area contributed by atoms with Crippen molar-refractivity contribution < 1.29 is 9.13 Å². The summed E-state index contributed by atoms with van der Waals surface area (Å²) in [7, 11) is 0. The van der Waals surface area contributed by atoms with Crippen LogP contribution in [0.3, 0.4) is 0 Å². The Hall–Kier alpha value is -1.97. The minimum atomic E-state index is -0.777. The summed E-state index contributed by atoms with van der Waals surface area (Å²) in [5.41, 5.74) is 2.18. The summed E-state index contributed by atoms with van der Waals surface area (Å²) in [5, 5.41) is 0. The third-order valence-corrected chi connectivity index (χ3v) is 6.58. The largest absolute Gasteiger partial charge is 0.493 e. The summed E-state index contributed by atoms with van der Waals surface area (Å²) in [6.07, 6.45) is 19.0. The van der Waals surface area contributed by atoms with Crippen LogP contribution in [0.5, 0.6) is 5.75 Å². The molecule has 0 fully saturated rings. The van der Waals surface area contributed by atoms with Gasteiger partial charge in [-0.15, -0.1) is 0 Å². The predicted octanol–water partition coefficient (Wildman–Crippen LogP) is 9.15. The van der Waals surface area contributed by atoms with Crippen LogP contribution in [-0.2, 0) is 6.42 Å². The maximum Gasteiger partial charge on any atom is 0.159 e. The molecule has 2 unspecified atom stereocenters. The molecule has 0 aliphatic carbocycles. The first-order valence-corrected chi connectivity index (χ1v) is 13.8. The molecule has 1 heterocycles. The Morgan fingerprint density at radius 2 is 1.44 bits per heavy atom. The number of halogens is 1. The van der Waals surface area contributed by atoms with Gasteiger partial charge in [0.2, 0.25) is 0 Å². The van der Waals surface area contributed by atoms with Gasteiger partial charge in [-0.25, -0.2) is 14.4 Å². The van der Waals surface area contributed by atoms with E-state index in [9.17, 15) is 4.39 Å². The van der Waals surface area contributed by atoms with Gasteiger partial charge in [0.1, 0.15) is 11.9 Å². The van der Waals surface area contributed by atoms with Crippen LogP contribution in [0.2, 0.25) is 0 Å². The molecule has 0 spiro atoms. The Morgan fingerprint density at radius 3 is 2.12 bits per heavy atom. The van der Waals surface area contributed by atoms with E-state index in [1.165, 1.54) is 63.4 Å². The number of ether oxygens (including phenoxy) is 1. The van der Waals surface area contributed by atoms with E-state index in [2.05, 4.69) is 30.7 Å². The van der Waals surface area contributed by atoms with Gasteiger partial charge in [-0.3, -0.25) is 0 Å². The lowest BCUT2D eigenvalue weighted by atomic mass is 9.98. The molecule has 1 aromatic carbocycles. The monoisotopic (exact) mass is 470 g/mol. The molecule has 3 nitrogen and oxygen atoms in total. The second-order valence-electron chi connectivity index (χ2n) is 9.87. The molecular weight excluding hydrogens is 423 g/mol. The number of nitrogens with zero attached hydrogens (tertiary/aromatic N) is 2. The van der Waals surface area contributed by atoms with E-state index < -0.39 is 6.17 Å². The SMILES string of the molecule is CCCCCCCCCc1cnc(-c2ccc(OCCC(F)CCCC(C)CCC)cc2)nc1. The molecule has 0 radical (unpaired) electrons. The number of benzene rings is 1. The molecular formula is C30H47FN2O. The highest BCUT2D eigenvalue weighted by Crippen LogP contribution is 2.21. The first-order chi connectivity index (χ1) is 16.6. The van der Waals surface area contributed by atoms with Crippen molar-refractivity contribution in [3.63, 3.8) is 0 Å². The van der Waals surface area contributed by atoms with Crippen molar-refractivity contribution in [1.29, 1.82) is 0 Å². The van der Waals surface area contributed by atoms with Crippen LogP contribution in [0.1, 0.15) is 110 Å². The minimum Gasteiger partial charge on any atom is -0.493 e. The zero-order valence-electron chi connectivity index (χ0n) is 21.9. The second-order valence-corrected chi connectivity index (χ2v) is 9.87. The van der Waals surface area contributed by atoms with E-state index in [0.717, 1.165) is 36.4 Å². The number of alkyl halides is 1. The summed E-state index contributed by atoms with van der Waals surface area (Å²) < 4.78 is 19.9. The van der Waals surface area contributed by atoms with Gasteiger partial charge in [-0.1, -0.05) is 85.0 Å². The van der Waals surface area contributed by atoms with Crippen LogP contribution in [0.15, 0.2) is 36.7 Å². The molecule has 0 N–H and O–H groups in total. The van der Waals surface area contributed by atoms with Crippen molar-refractivity contribution >= 4 is 0 Å². The van der Waals surface area contributed by atoms with Gasteiger partial charge in [0, 0.05) is 24.4 Å². The third-order valence-electron chi connectivity index (χ3n) is 6.58. The minimum absolute atomic E-state index is 0.412. The van der Waals surface area contributed by atoms with E-state index in [0.29, 0.717) is 25.4 Å². The number of unbranched alkanes of at least 4 members (excludes halogenated alkanes) is 6. The number of aryl methyl sites for hydroxylation is 1. The molecule has 1 aromatic heterocycles. The quantitative estimate of drug-likeness (QED) is 0.192. The van der Waals surface area contributed by atoms with E-state index in [1.54, 1.807) is 0 Å². The number of hydrogen-bond donors (Lipinski definition) is 0. The fourth-order valence-electron chi connectivity index (χ4n) is 4.39. The highest BCUT2D eigenvalue weighted by Gasteiger charge is 2.09. The lowest BCUT2D eigenvalue weighted by molar-refractivity contribution is 0.220. The molecule has 0 saturated heterocycles. The average molecular weight is 471 g/mol. The molecule has 0 amide bonds. The standard InChI is InChI=1S/C30H47FN2O/c1-4-6-7-8-9-10-11-15-26-23-32-30(33-24-26)27-17-19-29(20-18-27)34-22-21-28(31)16-12-14-25(3)13-5-2/h17-20,23-25,28H,4-16,21-22H2,1-3H3. The lowest BCUT2D eigenvalue weighted by Crippen LogP contribution is -2.08. The normalized spacial score (nSPS) is 13.1. The summed E-state index contributed by atoms with van der Waals surface area (Å²) in [5.74, 6) is 2.20. The van der Waals surface area contributed by atoms with Crippen molar-refractivity contribution in [3.05, 3.63) is 42.2 Å². The summed E-state index contributed by atoms with van der Waals surface area (Å²) in [4.78, 5) is 9.11. The van der Waals surface area contributed by atoms with Gasteiger partial charge in [-0.2, -0.15) is 0 Å². The molecule has 4 heteroatoms. The van der Waals surface area contributed by atoms with Gasteiger partial charge in [-0.05, 0) is 55.0 Å². The topological polar surface area (TPSA) is 35.0 Å². The van der Waals surface area contributed by atoms with Crippen molar-refractivity contribution in [2.45, 2.75) is 117 Å². The van der Waals surface area contributed by atoms with Crippen LogP contribution < -0.4 is 4.74 Å². The maximum atomic E-state index is 14.1. The first-order valence-electron chi connectivity index (χ1n) is 13.8. The Kier molecular flexibility index (Phi) is 14.5. The van der Waals surface area contributed by atoms with E-state index >= 15 is 0 Å². The Morgan fingerprint density at radius 1 is 0.765 bits per heavy atom. The predicted molar refractivity (Wildman–Crippen MR) is 142 cm³/mol. The van der Waals surface area contributed by atoms with Gasteiger partial charge in [0.15, 0.2) is 5.82 Å². The van der Waals surface area contributed by atoms with Crippen molar-refractivity contribution in [1.82, 2.24) is 9.97 Å². The first kappa shape index (κ1) is 28.3. The van der Waals surface area contributed by atoms with E-state index in [4.69, 9.17) is 4.74 Å². The van der Waals surface area contributed by atoms with Crippen LogP contribution in [0.4, 0.5) is 4.39 Å². The maximum absolute atomic E-state index is 14.1. The smallest absolute Gasteiger partial charge is 0.159 e. The van der Waals surface area contributed by atoms with Gasteiger partial charge >= 0.3 is 0 Å². The fourth-order valence-corrected chi connectivity index (χ4v) is 4.39. The highest BCUT2D eigenvalue weighted by atomic mass is 19.1. The molecule has 2 rings (SSSR count). The van der Waals surface area contributed by atoms with Crippen molar-refractivity contribution in [2.75, 3.05) is 6.61 Å². The van der Waals surface area contributed by atoms with Gasteiger partial charge in [0.25, 0.3) is 0 Å². The average Bonchev–Trinajstić information content (AvgIpc) is 2.84. The zero-order valence-corrected chi connectivity index (χ0v) is 21.9. The fraction of sp³-hybridized carbons (Fsp3) is 0.667. The van der Waals surface area contributed by atoms with Crippen molar-refractivity contribution in [3.8, 4) is 17.1 Å². The Labute approximate surface area is 208 Å². The Bertz CT molecular complexity index is 747. The van der Waals surface area contributed by atoms with Crippen LogP contribution in [-0.4, -0.2) is 22.7 Å². The molecule has 2 aromatic rings. The lowest BCUT2D eigenvalue weighted by Gasteiger charge is -2.12. The zero-order chi connectivity index (χ0) is 24.4. The van der Waals surface area contributed by atoms with Gasteiger partial charge < -0.3 is 4.74 Å². The van der Waals surface area contributed by atoms with Crippen LogP contribution in [0.25, 0.3) is 11.4 Å². The molecule has 0 bridgehead atoms. The van der Waals surface area contributed by atoms with Crippen LogP contribution >= 0.6 is 0 Å². The summed E-state index contributed by atoms with van der Waals surface area (Å²) >= 11 is 0. The molecule has 0 saturated carbocycles. The number of rotatable bonds is 19.